The Labute approximate surface area is 118 Å². The number of aromatic hydroxyl groups is 1. The number of carbonyl (C=O) groups is 1. The summed E-state index contributed by atoms with van der Waals surface area (Å²) in [7, 11) is 0. The molecule has 0 aliphatic rings. The van der Waals surface area contributed by atoms with E-state index in [9.17, 15) is 20.0 Å². The maximum Gasteiger partial charge on any atom is 0.291 e. The molecule has 0 unspecified atom stereocenters. The molecular weight excluding hydrogens is 284 g/mol. The van der Waals surface area contributed by atoms with E-state index in [1.165, 1.54) is 12.1 Å². The van der Waals surface area contributed by atoms with Gasteiger partial charge in [0.15, 0.2) is 0 Å². The lowest BCUT2D eigenvalue weighted by molar-refractivity contribution is -0.384. The summed E-state index contributed by atoms with van der Waals surface area (Å²) in [5, 5.41) is 20.5. The van der Waals surface area contributed by atoms with Crippen LogP contribution in [0.3, 0.4) is 0 Å². The molecule has 0 atom stereocenters. The van der Waals surface area contributed by atoms with Crippen LogP contribution in [-0.4, -0.2) is 15.9 Å². The molecule has 0 aromatic heterocycles. The number of carbonyl (C=O) groups excluding carboxylic acids is 1. The summed E-state index contributed by atoms with van der Waals surface area (Å²) in [4.78, 5) is 21.4. The van der Waals surface area contributed by atoms with Crippen LogP contribution >= 0.6 is 11.6 Å². The normalized spacial score (nSPS) is 10.2. The summed E-state index contributed by atoms with van der Waals surface area (Å²) >= 11 is 5.81. The van der Waals surface area contributed by atoms with Crippen molar-refractivity contribution >= 4 is 23.2 Å². The van der Waals surface area contributed by atoms with E-state index in [4.69, 9.17) is 17.3 Å². The Morgan fingerprint density at radius 3 is 2.50 bits per heavy atom. The van der Waals surface area contributed by atoms with Crippen LogP contribution in [0.1, 0.15) is 10.4 Å². The SMILES string of the molecule is NC(=O)c1ccccc1-c1cc(Cl)c([N+](=O)[O-])cc1O. The van der Waals surface area contributed by atoms with Gasteiger partial charge in [-0.3, -0.25) is 14.9 Å². The van der Waals surface area contributed by atoms with Gasteiger partial charge in [0.05, 0.1) is 11.0 Å². The highest BCUT2D eigenvalue weighted by atomic mass is 35.5. The zero-order valence-corrected chi connectivity index (χ0v) is 10.8. The zero-order valence-electron chi connectivity index (χ0n) is 10.0. The summed E-state index contributed by atoms with van der Waals surface area (Å²) in [5.74, 6) is -1.02. The quantitative estimate of drug-likeness (QED) is 0.670. The fraction of sp³-hybridized carbons (Fsp3) is 0. The average molecular weight is 293 g/mol. The maximum atomic E-state index is 11.4. The first-order valence-corrected chi connectivity index (χ1v) is 5.85. The molecule has 20 heavy (non-hydrogen) atoms. The van der Waals surface area contributed by atoms with Crippen LogP contribution in [0.15, 0.2) is 36.4 Å². The third kappa shape index (κ3) is 2.41. The minimum Gasteiger partial charge on any atom is -0.507 e. The Hall–Kier alpha value is -2.60. The Bertz CT molecular complexity index is 716. The number of hydrogen-bond donors (Lipinski definition) is 2. The van der Waals surface area contributed by atoms with E-state index in [2.05, 4.69) is 0 Å². The molecule has 0 radical (unpaired) electrons. The van der Waals surface area contributed by atoms with Crippen molar-refractivity contribution in [2.75, 3.05) is 0 Å². The van der Waals surface area contributed by atoms with Gasteiger partial charge in [-0.25, -0.2) is 0 Å². The number of nitro groups is 1. The topological polar surface area (TPSA) is 106 Å². The monoisotopic (exact) mass is 292 g/mol. The van der Waals surface area contributed by atoms with E-state index >= 15 is 0 Å². The van der Waals surface area contributed by atoms with Crippen LogP contribution in [0.4, 0.5) is 5.69 Å². The second-order valence-electron chi connectivity index (χ2n) is 3.99. The van der Waals surface area contributed by atoms with Crippen molar-refractivity contribution in [2.24, 2.45) is 5.73 Å². The molecule has 0 saturated heterocycles. The van der Waals surface area contributed by atoms with E-state index in [1.54, 1.807) is 18.2 Å². The van der Waals surface area contributed by atoms with E-state index in [0.29, 0.717) is 5.56 Å². The summed E-state index contributed by atoms with van der Waals surface area (Å²) in [6.45, 7) is 0. The van der Waals surface area contributed by atoms with Gasteiger partial charge in [0, 0.05) is 11.1 Å². The summed E-state index contributed by atoms with van der Waals surface area (Å²) in [6, 6.07) is 8.50. The van der Waals surface area contributed by atoms with E-state index < -0.39 is 16.5 Å². The van der Waals surface area contributed by atoms with Gasteiger partial charge in [-0.2, -0.15) is 0 Å². The molecule has 0 heterocycles. The van der Waals surface area contributed by atoms with Crippen LogP contribution in [0.5, 0.6) is 5.75 Å². The fourth-order valence-corrected chi connectivity index (χ4v) is 2.07. The number of nitro benzene ring substituents is 1. The molecule has 2 rings (SSSR count). The van der Waals surface area contributed by atoms with Gasteiger partial charge < -0.3 is 10.8 Å². The number of phenols is 1. The second-order valence-corrected chi connectivity index (χ2v) is 4.39. The largest absolute Gasteiger partial charge is 0.507 e. The molecular formula is C13H9ClN2O4. The Morgan fingerprint density at radius 2 is 1.90 bits per heavy atom. The van der Waals surface area contributed by atoms with E-state index in [-0.39, 0.29) is 21.9 Å². The first kappa shape index (κ1) is 13.8. The van der Waals surface area contributed by atoms with Crippen molar-refractivity contribution in [2.45, 2.75) is 0 Å². The summed E-state index contributed by atoms with van der Waals surface area (Å²) in [5.41, 5.74) is 5.59. The molecule has 0 saturated carbocycles. The third-order valence-corrected chi connectivity index (χ3v) is 3.05. The number of amides is 1. The van der Waals surface area contributed by atoms with Crippen molar-refractivity contribution in [3.05, 3.63) is 57.1 Å². The minimum atomic E-state index is -0.703. The van der Waals surface area contributed by atoms with Gasteiger partial charge >= 0.3 is 0 Å². The zero-order chi connectivity index (χ0) is 14.9. The second kappa shape index (κ2) is 5.18. The Kier molecular flexibility index (Phi) is 3.58. The minimum absolute atomic E-state index is 0.137. The molecule has 0 bridgehead atoms. The van der Waals surface area contributed by atoms with Crippen LogP contribution in [0.2, 0.25) is 5.02 Å². The van der Waals surface area contributed by atoms with Gasteiger partial charge in [-0.05, 0) is 17.7 Å². The summed E-state index contributed by atoms with van der Waals surface area (Å²) < 4.78 is 0. The number of hydrogen-bond acceptors (Lipinski definition) is 4. The van der Waals surface area contributed by atoms with E-state index in [1.807, 2.05) is 0 Å². The van der Waals surface area contributed by atoms with Gasteiger partial charge in [0.25, 0.3) is 5.69 Å². The first-order valence-electron chi connectivity index (χ1n) is 5.48. The number of nitrogens with zero attached hydrogens (tertiary/aromatic N) is 1. The van der Waals surface area contributed by atoms with Crippen LogP contribution in [0.25, 0.3) is 11.1 Å². The predicted octanol–water partition coefficient (Wildman–Crippen LogP) is 2.72. The molecule has 6 nitrogen and oxygen atoms in total. The van der Waals surface area contributed by atoms with Gasteiger partial charge in [-0.1, -0.05) is 29.8 Å². The summed E-state index contributed by atoms with van der Waals surface area (Å²) in [6.07, 6.45) is 0. The lowest BCUT2D eigenvalue weighted by Gasteiger charge is -2.09. The lowest BCUT2D eigenvalue weighted by Crippen LogP contribution is -2.12. The maximum absolute atomic E-state index is 11.4. The highest BCUT2D eigenvalue weighted by Gasteiger charge is 2.19. The number of nitrogens with two attached hydrogens (primary N) is 1. The van der Waals surface area contributed by atoms with Gasteiger partial charge in [0.2, 0.25) is 5.91 Å². The number of rotatable bonds is 3. The Balaban J connectivity index is 2.69. The third-order valence-electron chi connectivity index (χ3n) is 2.74. The fourth-order valence-electron chi connectivity index (χ4n) is 1.84. The number of primary amides is 1. The first-order chi connectivity index (χ1) is 9.41. The molecule has 0 fully saturated rings. The number of benzene rings is 2. The predicted molar refractivity (Wildman–Crippen MR) is 73.7 cm³/mol. The van der Waals surface area contributed by atoms with Crippen LogP contribution in [-0.2, 0) is 0 Å². The van der Waals surface area contributed by atoms with Crippen molar-refractivity contribution in [1.29, 1.82) is 0 Å². The highest BCUT2D eigenvalue weighted by Crippen LogP contribution is 2.38. The molecule has 0 aliphatic carbocycles. The lowest BCUT2D eigenvalue weighted by atomic mass is 9.98. The van der Waals surface area contributed by atoms with Crippen molar-refractivity contribution < 1.29 is 14.8 Å². The van der Waals surface area contributed by atoms with Crippen molar-refractivity contribution in [3.63, 3.8) is 0 Å². The van der Waals surface area contributed by atoms with Crippen LogP contribution in [0, 0.1) is 10.1 Å². The molecule has 0 spiro atoms. The number of phenolic OH excluding ortho intramolecular Hbond substituents is 1. The van der Waals surface area contributed by atoms with E-state index in [0.717, 1.165) is 6.07 Å². The number of halogens is 1. The standard InChI is InChI=1S/C13H9ClN2O4/c14-10-5-9(12(17)6-11(10)16(19)20)7-3-1-2-4-8(7)13(15)18/h1-6,17H,(H2,15,18). The molecule has 2 aromatic carbocycles. The molecule has 0 aliphatic heterocycles. The van der Waals surface area contributed by atoms with Crippen LogP contribution < -0.4 is 5.73 Å². The average Bonchev–Trinajstić information content (AvgIpc) is 2.40. The van der Waals surface area contributed by atoms with Crippen molar-refractivity contribution in [3.8, 4) is 16.9 Å². The smallest absolute Gasteiger partial charge is 0.291 e. The molecule has 1 amide bonds. The van der Waals surface area contributed by atoms with Gasteiger partial charge in [-0.15, -0.1) is 0 Å². The van der Waals surface area contributed by atoms with Crippen molar-refractivity contribution in [1.82, 2.24) is 0 Å². The molecule has 102 valence electrons. The van der Waals surface area contributed by atoms with Gasteiger partial charge in [0.1, 0.15) is 10.8 Å². The molecule has 7 heteroatoms. The molecule has 3 N–H and O–H groups in total. The highest BCUT2D eigenvalue weighted by molar-refractivity contribution is 6.33. The Morgan fingerprint density at radius 1 is 1.25 bits per heavy atom. The molecule has 2 aromatic rings.